The third kappa shape index (κ3) is 1.79. The highest BCUT2D eigenvalue weighted by atomic mass is 15.0. The first-order valence-corrected chi connectivity index (χ1v) is 9.48. The number of rotatable bonds is 1. The second kappa shape index (κ2) is 5.11. The van der Waals surface area contributed by atoms with Crippen molar-refractivity contribution in [2.75, 3.05) is 0 Å². The molecule has 4 aromatic carbocycles. The van der Waals surface area contributed by atoms with Crippen molar-refractivity contribution in [3.05, 3.63) is 90.0 Å². The van der Waals surface area contributed by atoms with E-state index in [1.54, 1.807) is 0 Å². The van der Waals surface area contributed by atoms with Gasteiger partial charge in [-0.1, -0.05) is 60.7 Å². The van der Waals surface area contributed by atoms with E-state index >= 15 is 0 Å². The van der Waals surface area contributed by atoms with Crippen molar-refractivity contribution in [2.24, 2.45) is 0 Å². The maximum atomic E-state index is 2.43. The highest BCUT2D eigenvalue weighted by molar-refractivity contribution is 6.22. The minimum atomic E-state index is 1.22. The van der Waals surface area contributed by atoms with Crippen molar-refractivity contribution >= 4 is 21.7 Å². The first-order chi connectivity index (χ1) is 13.3. The predicted molar refractivity (Wildman–Crippen MR) is 115 cm³/mol. The Kier molecular flexibility index (Phi) is 2.80. The third-order valence-corrected chi connectivity index (χ3v) is 5.99. The summed E-state index contributed by atoms with van der Waals surface area (Å²) >= 11 is 0. The number of hydrogen-bond acceptors (Lipinski definition) is 0. The number of aryl methyl sites for hydroxylation is 2. The second-order valence-electron chi connectivity index (χ2n) is 7.52. The van der Waals surface area contributed by atoms with Crippen molar-refractivity contribution in [1.29, 1.82) is 0 Å². The van der Waals surface area contributed by atoms with E-state index in [-0.39, 0.29) is 0 Å². The molecular weight excluding hydrogens is 326 g/mol. The fraction of sp³-hybridized carbons (Fsp3) is 0.0769. The first-order valence-electron chi connectivity index (χ1n) is 9.48. The van der Waals surface area contributed by atoms with Crippen molar-refractivity contribution < 1.29 is 0 Å². The highest BCUT2D eigenvalue weighted by Crippen LogP contribution is 2.53. The molecule has 0 unspecified atom stereocenters. The third-order valence-electron chi connectivity index (χ3n) is 5.99. The number of aromatic nitrogens is 1. The molecule has 1 heterocycles. The van der Waals surface area contributed by atoms with Gasteiger partial charge in [0.05, 0.1) is 11.2 Å². The zero-order chi connectivity index (χ0) is 18.1. The van der Waals surface area contributed by atoms with Gasteiger partial charge in [-0.2, -0.15) is 0 Å². The van der Waals surface area contributed by atoms with Crippen LogP contribution in [0.4, 0.5) is 0 Å². The van der Waals surface area contributed by atoms with Gasteiger partial charge in [-0.3, -0.25) is 0 Å². The maximum absolute atomic E-state index is 2.43. The van der Waals surface area contributed by atoms with Crippen LogP contribution in [-0.2, 0) is 0 Å². The Labute approximate surface area is 158 Å². The smallest absolute Gasteiger partial charge is 0.0626 e. The lowest BCUT2D eigenvalue weighted by atomic mass is 9.95. The second-order valence-corrected chi connectivity index (χ2v) is 7.52. The predicted octanol–water partition coefficient (Wildman–Crippen LogP) is 7.05. The average molecular weight is 345 g/mol. The normalized spacial score (nSPS) is 12.1. The van der Waals surface area contributed by atoms with Crippen molar-refractivity contribution in [1.82, 2.24) is 4.57 Å². The fourth-order valence-corrected chi connectivity index (χ4v) is 4.89. The van der Waals surface area contributed by atoms with E-state index in [1.165, 1.54) is 60.9 Å². The molecule has 0 bridgehead atoms. The molecule has 27 heavy (non-hydrogen) atoms. The maximum Gasteiger partial charge on any atom is 0.0626 e. The van der Waals surface area contributed by atoms with Crippen LogP contribution in [0.1, 0.15) is 11.1 Å². The summed E-state index contributed by atoms with van der Waals surface area (Å²) in [5, 5.41) is 4.15. The van der Waals surface area contributed by atoms with E-state index < -0.39 is 0 Å². The molecule has 1 aliphatic rings. The van der Waals surface area contributed by atoms with Crippen molar-refractivity contribution in [3.63, 3.8) is 0 Å². The number of nitrogens with zero attached hydrogens (tertiary/aromatic N) is 1. The van der Waals surface area contributed by atoms with Crippen LogP contribution >= 0.6 is 0 Å². The molecule has 1 aromatic heterocycles. The Morgan fingerprint density at radius 1 is 0.593 bits per heavy atom. The van der Waals surface area contributed by atoms with E-state index in [0.29, 0.717) is 0 Å². The molecule has 0 aliphatic heterocycles. The molecule has 0 spiro atoms. The van der Waals surface area contributed by atoms with Crippen LogP contribution < -0.4 is 0 Å². The lowest BCUT2D eigenvalue weighted by molar-refractivity contribution is 1.14. The molecule has 1 heteroatoms. The summed E-state index contributed by atoms with van der Waals surface area (Å²) in [4.78, 5) is 0. The van der Waals surface area contributed by atoms with E-state index in [0.717, 1.165) is 0 Å². The van der Waals surface area contributed by atoms with E-state index in [1.807, 2.05) is 0 Å². The largest absolute Gasteiger partial charge is 0.309 e. The molecule has 5 aromatic rings. The number of fused-ring (bicyclic) bond motifs is 5. The van der Waals surface area contributed by atoms with Crippen LogP contribution in [0.2, 0.25) is 0 Å². The van der Waals surface area contributed by atoms with Gasteiger partial charge < -0.3 is 4.57 Å². The van der Waals surface area contributed by atoms with E-state index in [9.17, 15) is 0 Å². The number of para-hydroxylation sites is 2. The van der Waals surface area contributed by atoms with Crippen LogP contribution in [0.5, 0.6) is 0 Å². The van der Waals surface area contributed by atoms with E-state index in [4.69, 9.17) is 0 Å². The first kappa shape index (κ1) is 14.8. The molecule has 0 fully saturated rings. The molecule has 0 N–H and O–H groups in total. The van der Waals surface area contributed by atoms with Gasteiger partial charge >= 0.3 is 0 Å². The van der Waals surface area contributed by atoms with Gasteiger partial charge in [-0.15, -0.1) is 0 Å². The molecule has 0 radical (unpaired) electrons. The van der Waals surface area contributed by atoms with Crippen LogP contribution in [0.25, 0.3) is 49.7 Å². The Morgan fingerprint density at radius 2 is 1.26 bits per heavy atom. The van der Waals surface area contributed by atoms with Crippen molar-refractivity contribution in [2.45, 2.75) is 13.8 Å². The van der Waals surface area contributed by atoms with Crippen LogP contribution in [0.15, 0.2) is 78.9 Å². The lowest BCUT2D eigenvalue weighted by Crippen LogP contribution is -1.96. The van der Waals surface area contributed by atoms with Gasteiger partial charge in [-0.25, -0.2) is 0 Å². The number of benzene rings is 4. The summed E-state index contributed by atoms with van der Waals surface area (Å²) in [6.45, 7) is 4.45. The summed E-state index contributed by atoms with van der Waals surface area (Å²) < 4.78 is 2.43. The number of hydrogen-bond donors (Lipinski definition) is 0. The molecule has 1 nitrogen and oxygen atoms in total. The quantitative estimate of drug-likeness (QED) is 0.301. The molecule has 128 valence electrons. The van der Waals surface area contributed by atoms with Gasteiger partial charge in [0, 0.05) is 22.2 Å². The van der Waals surface area contributed by atoms with Crippen LogP contribution in [0.3, 0.4) is 0 Å². The lowest BCUT2D eigenvalue weighted by Gasteiger charge is -2.13. The summed E-state index contributed by atoms with van der Waals surface area (Å²) in [5.41, 5.74) is 10.6. The Hall–Kier alpha value is -3.32. The standard InChI is InChI=1S/C26H19N/c1-16-12-14-20-24-21(15-13-17(2)23(16)24)26-25(20)19-10-6-7-11-22(19)27(26)18-8-4-3-5-9-18/h3-15H,1-2H3. The molecule has 0 saturated heterocycles. The monoisotopic (exact) mass is 345 g/mol. The molecular formula is C26H19N. The van der Waals surface area contributed by atoms with Gasteiger partial charge in [0.2, 0.25) is 0 Å². The summed E-state index contributed by atoms with van der Waals surface area (Å²) in [5.74, 6) is 0. The van der Waals surface area contributed by atoms with Crippen LogP contribution in [-0.4, -0.2) is 4.57 Å². The summed E-state index contributed by atoms with van der Waals surface area (Å²) in [6.07, 6.45) is 0. The average Bonchev–Trinajstić information content (AvgIpc) is 3.20. The van der Waals surface area contributed by atoms with E-state index in [2.05, 4.69) is 97.3 Å². The Morgan fingerprint density at radius 3 is 2.04 bits per heavy atom. The topological polar surface area (TPSA) is 4.93 Å². The fourth-order valence-electron chi connectivity index (χ4n) is 4.89. The molecule has 0 atom stereocenters. The molecule has 0 saturated carbocycles. The van der Waals surface area contributed by atoms with Gasteiger partial charge in [0.15, 0.2) is 0 Å². The minimum Gasteiger partial charge on any atom is -0.309 e. The van der Waals surface area contributed by atoms with Crippen LogP contribution in [0, 0.1) is 13.8 Å². The molecule has 6 rings (SSSR count). The van der Waals surface area contributed by atoms with Gasteiger partial charge in [-0.05, 0) is 59.5 Å². The zero-order valence-electron chi connectivity index (χ0n) is 15.5. The Balaban J connectivity index is 1.87. The SMILES string of the molecule is Cc1ccc2c3c(ccc(C)c13)-c1c-2c2ccccc2n1-c1ccccc1. The van der Waals surface area contributed by atoms with Gasteiger partial charge in [0.25, 0.3) is 0 Å². The summed E-state index contributed by atoms with van der Waals surface area (Å²) in [6, 6.07) is 28.7. The van der Waals surface area contributed by atoms with Crippen molar-refractivity contribution in [3.8, 4) is 28.1 Å². The van der Waals surface area contributed by atoms with Gasteiger partial charge in [0.1, 0.15) is 0 Å². The minimum absolute atomic E-state index is 1.22. The molecule has 1 aliphatic carbocycles. The Bertz CT molecular complexity index is 1360. The summed E-state index contributed by atoms with van der Waals surface area (Å²) in [7, 11) is 0. The highest BCUT2D eigenvalue weighted by Gasteiger charge is 2.29. The molecule has 0 amide bonds. The zero-order valence-corrected chi connectivity index (χ0v) is 15.5.